The van der Waals surface area contributed by atoms with Crippen LogP contribution in [0.4, 0.5) is 0 Å². The summed E-state index contributed by atoms with van der Waals surface area (Å²) in [7, 11) is -3.27. The molecule has 0 bridgehead atoms. The summed E-state index contributed by atoms with van der Waals surface area (Å²) in [5, 5.41) is 4.74. The van der Waals surface area contributed by atoms with Crippen molar-refractivity contribution in [2.75, 3.05) is 12.8 Å². The van der Waals surface area contributed by atoms with Gasteiger partial charge in [-0.25, -0.2) is 8.42 Å². The molecule has 1 amide bonds. The number of benzene rings is 3. The Balaban J connectivity index is 2.04. The zero-order valence-electron chi connectivity index (χ0n) is 15.5. The molecule has 0 atom stereocenters. The van der Waals surface area contributed by atoms with Gasteiger partial charge in [0.15, 0.2) is 9.84 Å². The number of fused-ring (bicyclic) bond motifs is 1. The number of hydrogen-bond donors (Lipinski definition) is 1. The quantitative estimate of drug-likeness (QED) is 0.711. The maximum Gasteiger partial charge on any atom is 0.216 e. The topological polar surface area (TPSA) is 63.2 Å². The highest BCUT2D eigenvalue weighted by atomic mass is 32.2. The molecule has 0 saturated heterocycles. The van der Waals surface area contributed by atoms with Gasteiger partial charge in [0.25, 0.3) is 0 Å². The molecule has 140 valence electrons. The Labute approximate surface area is 160 Å². The largest absolute Gasteiger partial charge is 0.356 e. The SMILES string of the molecule is CC(=O)NCCc1cc(Cc2ccccc2)cc2ccc(S(C)(=O)=O)cc12. The summed E-state index contributed by atoms with van der Waals surface area (Å²) in [6.07, 6.45) is 2.67. The van der Waals surface area contributed by atoms with Crippen LogP contribution < -0.4 is 5.32 Å². The van der Waals surface area contributed by atoms with E-state index in [-0.39, 0.29) is 5.91 Å². The van der Waals surface area contributed by atoms with E-state index in [0.717, 1.165) is 22.8 Å². The lowest BCUT2D eigenvalue weighted by Gasteiger charge is -2.12. The molecule has 5 heteroatoms. The van der Waals surface area contributed by atoms with E-state index in [1.54, 1.807) is 12.1 Å². The first kappa shape index (κ1) is 19.1. The van der Waals surface area contributed by atoms with Crippen LogP contribution in [0.2, 0.25) is 0 Å². The molecule has 0 radical (unpaired) electrons. The van der Waals surface area contributed by atoms with E-state index in [2.05, 4.69) is 29.6 Å². The predicted octanol–water partition coefficient (Wildman–Crippen LogP) is 3.51. The van der Waals surface area contributed by atoms with Gasteiger partial charge in [-0.1, -0.05) is 48.5 Å². The summed E-state index contributed by atoms with van der Waals surface area (Å²) < 4.78 is 23.9. The summed E-state index contributed by atoms with van der Waals surface area (Å²) in [6.45, 7) is 2.01. The number of carbonyl (C=O) groups is 1. The minimum Gasteiger partial charge on any atom is -0.356 e. The van der Waals surface area contributed by atoms with Crippen molar-refractivity contribution >= 4 is 26.5 Å². The van der Waals surface area contributed by atoms with Crippen molar-refractivity contribution < 1.29 is 13.2 Å². The van der Waals surface area contributed by atoms with Gasteiger partial charge in [-0.3, -0.25) is 4.79 Å². The molecule has 0 unspecified atom stereocenters. The van der Waals surface area contributed by atoms with Crippen LogP contribution in [-0.2, 0) is 27.5 Å². The molecule has 0 saturated carbocycles. The zero-order chi connectivity index (χ0) is 19.4. The first-order chi connectivity index (χ1) is 12.8. The molecule has 0 aliphatic heterocycles. The van der Waals surface area contributed by atoms with Gasteiger partial charge >= 0.3 is 0 Å². The second-order valence-corrected chi connectivity index (χ2v) is 8.82. The van der Waals surface area contributed by atoms with Gasteiger partial charge in [-0.2, -0.15) is 0 Å². The first-order valence-corrected chi connectivity index (χ1v) is 10.8. The fourth-order valence-corrected chi connectivity index (χ4v) is 3.87. The molecule has 0 aliphatic rings. The third-order valence-electron chi connectivity index (χ3n) is 4.52. The number of carbonyl (C=O) groups excluding carboxylic acids is 1. The molecule has 0 fully saturated rings. The highest BCUT2D eigenvalue weighted by molar-refractivity contribution is 7.90. The number of nitrogens with one attached hydrogen (secondary N) is 1. The summed E-state index contributed by atoms with van der Waals surface area (Å²) in [6, 6.07) is 19.7. The minimum absolute atomic E-state index is 0.0726. The molecular formula is C22H23NO3S. The predicted molar refractivity (Wildman–Crippen MR) is 109 cm³/mol. The third-order valence-corrected chi connectivity index (χ3v) is 5.63. The van der Waals surface area contributed by atoms with Crippen molar-refractivity contribution in [3.8, 4) is 0 Å². The molecule has 0 aliphatic carbocycles. The monoisotopic (exact) mass is 381 g/mol. The van der Waals surface area contributed by atoms with Gasteiger partial charge in [-0.05, 0) is 52.4 Å². The Morgan fingerprint density at radius 3 is 2.37 bits per heavy atom. The second kappa shape index (κ2) is 7.92. The van der Waals surface area contributed by atoms with Crippen molar-refractivity contribution in [3.05, 3.63) is 77.4 Å². The molecular weight excluding hydrogens is 358 g/mol. The minimum atomic E-state index is -3.27. The van der Waals surface area contributed by atoms with Crippen molar-refractivity contribution in [1.82, 2.24) is 5.32 Å². The highest BCUT2D eigenvalue weighted by Crippen LogP contribution is 2.26. The molecule has 3 aromatic carbocycles. The van der Waals surface area contributed by atoms with E-state index in [1.807, 2.05) is 24.3 Å². The van der Waals surface area contributed by atoms with Crippen LogP contribution in [0.25, 0.3) is 10.8 Å². The summed E-state index contributed by atoms with van der Waals surface area (Å²) in [4.78, 5) is 11.5. The number of rotatable bonds is 6. The van der Waals surface area contributed by atoms with Gasteiger partial charge in [0.2, 0.25) is 5.91 Å². The van der Waals surface area contributed by atoms with E-state index in [9.17, 15) is 13.2 Å². The van der Waals surface area contributed by atoms with Gasteiger partial charge in [0.05, 0.1) is 4.90 Å². The van der Waals surface area contributed by atoms with E-state index in [4.69, 9.17) is 0 Å². The normalized spacial score (nSPS) is 11.5. The smallest absolute Gasteiger partial charge is 0.216 e. The Bertz CT molecular complexity index is 1070. The van der Waals surface area contributed by atoms with Crippen LogP contribution in [0, 0.1) is 0 Å². The van der Waals surface area contributed by atoms with E-state index >= 15 is 0 Å². The fraction of sp³-hybridized carbons (Fsp3) is 0.227. The standard InChI is InChI=1S/C22H23NO3S/c1-16(24)23-11-10-20-14-18(12-17-6-4-3-5-7-17)13-19-8-9-21(15-22(19)20)27(2,25)26/h3-9,13-15H,10-12H2,1-2H3,(H,23,24). The molecule has 3 rings (SSSR count). The summed E-state index contributed by atoms with van der Waals surface area (Å²) in [5.74, 6) is -0.0726. The molecule has 3 aromatic rings. The number of hydrogen-bond acceptors (Lipinski definition) is 3. The van der Waals surface area contributed by atoms with Crippen molar-refractivity contribution in [1.29, 1.82) is 0 Å². The Hall–Kier alpha value is -2.66. The molecule has 0 spiro atoms. The van der Waals surface area contributed by atoms with Crippen LogP contribution in [0.1, 0.15) is 23.6 Å². The van der Waals surface area contributed by atoms with Crippen molar-refractivity contribution in [2.45, 2.75) is 24.7 Å². The van der Waals surface area contributed by atoms with Gasteiger partial charge < -0.3 is 5.32 Å². The maximum absolute atomic E-state index is 11.9. The van der Waals surface area contributed by atoms with Gasteiger partial charge in [0.1, 0.15) is 0 Å². The van der Waals surface area contributed by atoms with E-state index in [0.29, 0.717) is 17.9 Å². The maximum atomic E-state index is 11.9. The summed E-state index contributed by atoms with van der Waals surface area (Å²) in [5.41, 5.74) is 3.42. The van der Waals surface area contributed by atoms with Crippen LogP contribution in [0.3, 0.4) is 0 Å². The lowest BCUT2D eigenvalue weighted by atomic mass is 9.95. The highest BCUT2D eigenvalue weighted by Gasteiger charge is 2.11. The average molecular weight is 381 g/mol. The third kappa shape index (κ3) is 4.95. The molecule has 4 nitrogen and oxygen atoms in total. The van der Waals surface area contributed by atoms with Crippen LogP contribution in [-0.4, -0.2) is 27.1 Å². The van der Waals surface area contributed by atoms with Crippen LogP contribution >= 0.6 is 0 Å². The van der Waals surface area contributed by atoms with Gasteiger partial charge in [-0.15, -0.1) is 0 Å². The molecule has 0 aromatic heterocycles. The molecule has 1 N–H and O–H groups in total. The molecule has 0 heterocycles. The number of amides is 1. The van der Waals surface area contributed by atoms with E-state index in [1.165, 1.54) is 24.3 Å². The Kier molecular flexibility index (Phi) is 5.61. The summed E-state index contributed by atoms with van der Waals surface area (Å²) >= 11 is 0. The lowest BCUT2D eigenvalue weighted by Crippen LogP contribution is -2.22. The average Bonchev–Trinajstić information content (AvgIpc) is 2.61. The lowest BCUT2D eigenvalue weighted by molar-refractivity contribution is -0.118. The van der Waals surface area contributed by atoms with Crippen molar-refractivity contribution in [3.63, 3.8) is 0 Å². The van der Waals surface area contributed by atoms with Crippen LogP contribution in [0.5, 0.6) is 0 Å². The first-order valence-electron chi connectivity index (χ1n) is 8.87. The van der Waals surface area contributed by atoms with Crippen molar-refractivity contribution in [2.24, 2.45) is 0 Å². The molecule has 27 heavy (non-hydrogen) atoms. The van der Waals surface area contributed by atoms with E-state index < -0.39 is 9.84 Å². The fourth-order valence-electron chi connectivity index (χ4n) is 3.23. The zero-order valence-corrected chi connectivity index (χ0v) is 16.3. The number of sulfone groups is 1. The van der Waals surface area contributed by atoms with Crippen LogP contribution in [0.15, 0.2) is 65.6 Å². The Morgan fingerprint density at radius 1 is 0.963 bits per heavy atom. The van der Waals surface area contributed by atoms with Gasteiger partial charge in [0, 0.05) is 19.7 Å². The Morgan fingerprint density at radius 2 is 1.70 bits per heavy atom. The second-order valence-electron chi connectivity index (χ2n) is 6.81.